The van der Waals surface area contributed by atoms with E-state index in [1.807, 2.05) is 0 Å². The minimum Gasteiger partial charge on any atom is -0.383 e. The Labute approximate surface area is 103 Å². The van der Waals surface area contributed by atoms with Gasteiger partial charge in [-0.2, -0.15) is 0 Å². The van der Waals surface area contributed by atoms with Gasteiger partial charge < -0.3 is 15.4 Å². The number of ether oxygens (including phenoxy) is 1. The van der Waals surface area contributed by atoms with Crippen molar-refractivity contribution < 1.29 is 9.53 Å². The van der Waals surface area contributed by atoms with Gasteiger partial charge in [-0.3, -0.25) is 9.69 Å². The Morgan fingerprint density at radius 2 is 2.41 bits per heavy atom. The number of rotatable bonds is 5. The van der Waals surface area contributed by atoms with Crippen molar-refractivity contribution in [3.63, 3.8) is 0 Å². The lowest BCUT2D eigenvalue weighted by molar-refractivity contribution is -0.122. The molecular formula is C12H23N3O2. The number of piperidine rings is 1. The van der Waals surface area contributed by atoms with Gasteiger partial charge in [0.05, 0.1) is 13.2 Å². The zero-order valence-corrected chi connectivity index (χ0v) is 10.6. The van der Waals surface area contributed by atoms with E-state index in [0.29, 0.717) is 25.7 Å². The number of amides is 1. The molecule has 0 radical (unpaired) electrons. The summed E-state index contributed by atoms with van der Waals surface area (Å²) in [5, 5.41) is 6.41. The maximum atomic E-state index is 11.7. The number of carbonyl (C=O) groups is 1. The number of nitrogens with one attached hydrogen (secondary N) is 2. The zero-order chi connectivity index (χ0) is 12.1. The molecule has 2 fully saturated rings. The third-order valence-electron chi connectivity index (χ3n) is 3.67. The first-order chi connectivity index (χ1) is 8.29. The molecule has 5 nitrogen and oxygen atoms in total. The average Bonchev–Trinajstić information content (AvgIpc) is 2.71. The van der Waals surface area contributed by atoms with Gasteiger partial charge in [0.25, 0.3) is 0 Å². The van der Waals surface area contributed by atoms with Gasteiger partial charge in [0.15, 0.2) is 0 Å². The van der Waals surface area contributed by atoms with E-state index in [1.54, 1.807) is 7.11 Å². The summed E-state index contributed by atoms with van der Waals surface area (Å²) >= 11 is 0. The molecule has 1 amide bonds. The molecule has 0 aliphatic carbocycles. The highest BCUT2D eigenvalue weighted by atomic mass is 16.5. The highest BCUT2D eigenvalue weighted by Gasteiger charge is 2.34. The fourth-order valence-electron chi connectivity index (χ4n) is 2.82. The summed E-state index contributed by atoms with van der Waals surface area (Å²) in [6, 6.07) is 0.607. The molecule has 0 aromatic heterocycles. The van der Waals surface area contributed by atoms with Gasteiger partial charge in [-0.05, 0) is 25.3 Å². The zero-order valence-electron chi connectivity index (χ0n) is 10.6. The van der Waals surface area contributed by atoms with Gasteiger partial charge in [-0.25, -0.2) is 0 Å². The lowest BCUT2D eigenvalue weighted by Crippen LogP contribution is -2.41. The quantitative estimate of drug-likeness (QED) is 0.633. The van der Waals surface area contributed by atoms with Crippen LogP contribution in [0.25, 0.3) is 0 Å². The first kappa shape index (κ1) is 12.8. The number of hydrogen-bond acceptors (Lipinski definition) is 4. The third-order valence-corrected chi connectivity index (χ3v) is 3.67. The standard InChI is InChI=1S/C12H23N3O2/c1-17-6-5-14-12(16)9-15-7-10-3-2-4-13-11(10)8-15/h10-11,13H,2-9H2,1H3,(H,14,16)/t10-,11+/m0/s1. The second-order valence-corrected chi connectivity index (χ2v) is 5.00. The molecule has 0 aromatic carbocycles. The van der Waals surface area contributed by atoms with Crippen molar-refractivity contribution in [2.45, 2.75) is 18.9 Å². The molecule has 0 aromatic rings. The van der Waals surface area contributed by atoms with Crippen LogP contribution in [-0.4, -0.2) is 63.3 Å². The Morgan fingerprint density at radius 3 is 3.18 bits per heavy atom. The maximum absolute atomic E-state index is 11.7. The molecule has 0 spiro atoms. The molecule has 98 valence electrons. The molecule has 2 aliphatic rings. The van der Waals surface area contributed by atoms with Crippen LogP contribution in [0.5, 0.6) is 0 Å². The SMILES string of the molecule is COCCNC(=O)CN1C[C@@H]2CCCN[C@@H]2C1. The minimum absolute atomic E-state index is 0.112. The molecule has 2 rings (SSSR count). The summed E-state index contributed by atoms with van der Waals surface area (Å²) in [6.45, 7) is 4.93. The molecule has 0 saturated carbocycles. The number of methoxy groups -OCH3 is 1. The number of carbonyl (C=O) groups excluding carboxylic acids is 1. The van der Waals surface area contributed by atoms with Crippen LogP contribution >= 0.6 is 0 Å². The lowest BCUT2D eigenvalue weighted by Gasteiger charge is -2.24. The molecule has 17 heavy (non-hydrogen) atoms. The van der Waals surface area contributed by atoms with E-state index in [4.69, 9.17) is 4.74 Å². The highest BCUT2D eigenvalue weighted by Crippen LogP contribution is 2.24. The van der Waals surface area contributed by atoms with E-state index in [0.717, 1.165) is 25.6 Å². The highest BCUT2D eigenvalue weighted by molar-refractivity contribution is 5.78. The Balaban J connectivity index is 1.68. The van der Waals surface area contributed by atoms with Crippen LogP contribution < -0.4 is 10.6 Å². The van der Waals surface area contributed by atoms with Gasteiger partial charge in [0.1, 0.15) is 0 Å². The molecular weight excluding hydrogens is 218 g/mol. The molecule has 2 N–H and O–H groups in total. The molecule has 2 saturated heterocycles. The van der Waals surface area contributed by atoms with Crippen molar-refractivity contribution in [2.24, 2.45) is 5.92 Å². The summed E-state index contributed by atoms with van der Waals surface area (Å²) in [6.07, 6.45) is 2.58. The van der Waals surface area contributed by atoms with Gasteiger partial charge in [-0.15, -0.1) is 0 Å². The summed E-state index contributed by atoms with van der Waals surface area (Å²) in [4.78, 5) is 13.9. The topological polar surface area (TPSA) is 53.6 Å². The first-order valence-corrected chi connectivity index (χ1v) is 6.51. The van der Waals surface area contributed by atoms with Gasteiger partial charge in [-0.1, -0.05) is 0 Å². The van der Waals surface area contributed by atoms with Crippen LogP contribution in [0.2, 0.25) is 0 Å². The van der Waals surface area contributed by atoms with Crippen molar-refractivity contribution in [1.29, 1.82) is 0 Å². The normalized spacial score (nSPS) is 29.0. The third kappa shape index (κ3) is 3.66. The summed E-state index contributed by atoms with van der Waals surface area (Å²) in [7, 11) is 1.64. The molecule has 0 unspecified atom stereocenters. The summed E-state index contributed by atoms with van der Waals surface area (Å²) in [5.74, 6) is 0.858. The monoisotopic (exact) mass is 241 g/mol. The van der Waals surface area contributed by atoms with Crippen molar-refractivity contribution >= 4 is 5.91 Å². The van der Waals surface area contributed by atoms with Crippen molar-refractivity contribution in [1.82, 2.24) is 15.5 Å². The van der Waals surface area contributed by atoms with Crippen LogP contribution in [0.15, 0.2) is 0 Å². The average molecular weight is 241 g/mol. The largest absolute Gasteiger partial charge is 0.383 e. The van der Waals surface area contributed by atoms with Gasteiger partial charge >= 0.3 is 0 Å². The molecule has 0 bridgehead atoms. The van der Waals surface area contributed by atoms with E-state index >= 15 is 0 Å². The maximum Gasteiger partial charge on any atom is 0.234 e. The fourth-order valence-corrected chi connectivity index (χ4v) is 2.82. The van der Waals surface area contributed by atoms with E-state index in [1.165, 1.54) is 12.8 Å². The Morgan fingerprint density at radius 1 is 1.53 bits per heavy atom. The second kappa shape index (κ2) is 6.33. The van der Waals surface area contributed by atoms with E-state index in [9.17, 15) is 4.79 Å². The summed E-state index contributed by atoms with van der Waals surface area (Å²) in [5.41, 5.74) is 0. The molecule has 2 heterocycles. The predicted molar refractivity (Wildman–Crippen MR) is 65.8 cm³/mol. The van der Waals surface area contributed by atoms with Crippen molar-refractivity contribution in [3.05, 3.63) is 0 Å². The van der Waals surface area contributed by atoms with E-state index < -0.39 is 0 Å². The van der Waals surface area contributed by atoms with Crippen LogP contribution in [0.3, 0.4) is 0 Å². The Kier molecular flexibility index (Phi) is 4.76. The van der Waals surface area contributed by atoms with Gasteiger partial charge in [0.2, 0.25) is 5.91 Å². The van der Waals surface area contributed by atoms with E-state index in [2.05, 4.69) is 15.5 Å². The smallest absolute Gasteiger partial charge is 0.234 e. The number of fused-ring (bicyclic) bond motifs is 1. The second-order valence-electron chi connectivity index (χ2n) is 5.00. The van der Waals surface area contributed by atoms with Crippen LogP contribution in [-0.2, 0) is 9.53 Å². The number of likely N-dealkylation sites (tertiary alicyclic amines) is 1. The van der Waals surface area contributed by atoms with Crippen molar-refractivity contribution in [2.75, 3.05) is 46.4 Å². The molecule has 2 atom stereocenters. The number of hydrogen-bond donors (Lipinski definition) is 2. The van der Waals surface area contributed by atoms with Crippen LogP contribution in [0.1, 0.15) is 12.8 Å². The first-order valence-electron chi connectivity index (χ1n) is 6.51. The molecule has 2 aliphatic heterocycles. The fraction of sp³-hybridized carbons (Fsp3) is 0.917. The lowest BCUT2D eigenvalue weighted by atomic mass is 9.94. The van der Waals surface area contributed by atoms with Crippen LogP contribution in [0, 0.1) is 5.92 Å². The van der Waals surface area contributed by atoms with E-state index in [-0.39, 0.29) is 5.91 Å². The predicted octanol–water partition coefficient (Wildman–Crippen LogP) is -0.567. The Bertz CT molecular complexity index is 246. The van der Waals surface area contributed by atoms with Gasteiger partial charge in [0, 0.05) is 32.8 Å². The Hall–Kier alpha value is -0.650. The molecule has 5 heteroatoms. The summed E-state index contributed by atoms with van der Waals surface area (Å²) < 4.78 is 4.90. The van der Waals surface area contributed by atoms with Crippen molar-refractivity contribution in [3.8, 4) is 0 Å². The van der Waals surface area contributed by atoms with Crippen LogP contribution in [0.4, 0.5) is 0 Å². The minimum atomic E-state index is 0.112. The number of nitrogens with zero attached hydrogens (tertiary/aromatic N) is 1.